The summed E-state index contributed by atoms with van der Waals surface area (Å²) in [6.45, 7) is -0.400. The van der Waals surface area contributed by atoms with Crippen LogP contribution in [-0.4, -0.2) is 23.5 Å². The van der Waals surface area contributed by atoms with E-state index in [9.17, 15) is 9.59 Å². The Morgan fingerprint density at radius 3 is 2.04 bits per heavy atom. The molecule has 2 aromatic carbocycles. The van der Waals surface area contributed by atoms with Gasteiger partial charge in [-0.2, -0.15) is 0 Å². The van der Waals surface area contributed by atoms with Gasteiger partial charge < -0.3 is 4.74 Å². The number of halogens is 1. The Hall–Kier alpha value is -3.18. The highest BCUT2D eigenvalue weighted by molar-refractivity contribution is 6.29. The molecule has 130 valence electrons. The number of carbonyl (C=O) groups is 2. The van der Waals surface area contributed by atoms with Crippen LogP contribution in [0, 0.1) is 0 Å². The fraction of sp³-hybridized carbons (Fsp3) is 0.0500. The number of hydrogen-bond donors (Lipinski definition) is 0. The third-order valence-corrected chi connectivity index (χ3v) is 3.77. The largest absolute Gasteiger partial charge is 0.452 e. The Balaban J connectivity index is 1.77. The molecule has 0 saturated carbocycles. The standard InChI is InChI=1S/C20H15ClN2O3/c21-18-13-15(11-12-22-18)20(25)26-14-19(24)23(16-7-3-1-4-8-16)17-9-5-2-6-10-17/h1-13H,14H2. The van der Waals surface area contributed by atoms with Gasteiger partial charge in [0.25, 0.3) is 5.91 Å². The Kier molecular flexibility index (Phi) is 5.61. The summed E-state index contributed by atoms with van der Waals surface area (Å²) in [6, 6.07) is 21.2. The summed E-state index contributed by atoms with van der Waals surface area (Å²) < 4.78 is 5.15. The number of esters is 1. The molecule has 0 atom stereocenters. The van der Waals surface area contributed by atoms with Gasteiger partial charge in [0.15, 0.2) is 6.61 Å². The summed E-state index contributed by atoms with van der Waals surface area (Å²) in [6.07, 6.45) is 1.40. The second kappa shape index (κ2) is 8.27. The summed E-state index contributed by atoms with van der Waals surface area (Å²) in [5.74, 6) is -1.00. The highest BCUT2D eigenvalue weighted by atomic mass is 35.5. The molecule has 0 aliphatic rings. The Bertz CT molecular complexity index is 862. The molecular formula is C20H15ClN2O3. The predicted molar refractivity (Wildman–Crippen MR) is 99.6 cm³/mol. The zero-order chi connectivity index (χ0) is 18.4. The number of anilines is 2. The minimum absolute atomic E-state index is 0.181. The molecule has 6 heteroatoms. The smallest absolute Gasteiger partial charge is 0.338 e. The number of carbonyl (C=O) groups excluding carboxylic acids is 2. The van der Waals surface area contributed by atoms with Gasteiger partial charge >= 0.3 is 5.97 Å². The normalized spacial score (nSPS) is 10.2. The molecular weight excluding hydrogens is 352 g/mol. The summed E-state index contributed by atoms with van der Waals surface area (Å²) in [5.41, 5.74) is 1.61. The number of amides is 1. The van der Waals surface area contributed by atoms with E-state index in [0.29, 0.717) is 11.4 Å². The molecule has 1 heterocycles. The summed E-state index contributed by atoms with van der Waals surface area (Å²) >= 11 is 5.77. The highest BCUT2D eigenvalue weighted by Gasteiger charge is 2.20. The van der Waals surface area contributed by atoms with Crippen molar-refractivity contribution in [3.8, 4) is 0 Å². The van der Waals surface area contributed by atoms with Crippen molar-refractivity contribution in [3.63, 3.8) is 0 Å². The number of pyridine rings is 1. The quantitative estimate of drug-likeness (QED) is 0.500. The van der Waals surface area contributed by atoms with Crippen LogP contribution in [0.5, 0.6) is 0 Å². The van der Waals surface area contributed by atoms with E-state index in [-0.39, 0.29) is 16.6 Å². The van der Waals surface area contributed by atoms with Crippen LogP contribution >= 0.6 is 11.6 Å². The van der Waals surface area contributed by atoms with Crippen molar-refractivity contribution in [1.29, 1.82) is 0 Å². The van der Waals surface area contributed by atoms with Gasteiger partial charge in [-0.25, -0.2) is 9.78 Å². The molecule has 0 unspecified atom stereocenters. The van der Waals surface area contributed by atoms with Crippen molar-refractivity contribution in [3.05, 3.63) is 89.7 Å². The minimum Gasteiger partial charge on any atom is -0.452 e. The molecule has 5 nitrogen and oxygen atoms in total. The van der Waals surface area contributed by atoms with E-state index in [4.69, 9.17) is 16.3 Å². The first-order valence-electron chi connectivity index (χ1n) is 7.87. The summed E-state index contributed by atoms with van der Waals surface area (Å²) in [4.78, 5) is 30.2. The van der Waals surface area contributed by atoms with Gasteiger partial charge in [-0.05, 0) is 36.4 Å². The van der Waals surface area contributed by atoms with Crippen molar-refractivity contribution in [1.82, 2.24) is 4.98 Å². The maximum Gasteiger partial charge on any atom is 0.338 e. The van der Waals surface area contributed by atoms with Crippen molar-refractivity contribution in [2.45, 2.75) is 0 Å². The number of aromatic nitrogens is 1. The molecule has 0 aliphatic carbocycles. The van der Waals surface area contributed by atoms with E-state index in [1.807, 2.05) is 60.7 Å². The number of nitrogens with zero attached hydrogens (tertiary/aromatic N) is 2. The lowest BCUT2D eigenvalue weighted by atomic mass is 10.2. The van der Waals surface area contributed by atoms with E-state index in [1.165, 1.54) is 23.2 Å². The lowest BCUT2D eigenvalue weighted by molar-refractivity contribution is -0.120. The van der Waals surface area contributed by atoms with E-state index < -0.39 is 12.6 Å². The Labute approximate surface area is 155 Å². The SMILES string of the molecule is O=C(OCC(=O)N(c1ccccc1)c1ccccc1)c1ccnc(Cl)c1. The van der Waals surface area contributed by atoms with Crippen LogP contribution in [0.1, 0.15) is 10.4 Å². The molecule has 26 heavy (non-hydrogen) atoms. The first-order valence-corrected chi connectivity index (χ1v) is 8.24. The van der Waals surface area contributed by atoms with Crippen molar-refractivity contribution >= 4 is 34.9 Å². The lowest BCUT2D eigenvalue weighted by Gasteiger charge is -2.22. The molecule has 3 rings (SSSR count). The van der Waals surface area contributed by atoms with Crippen molar-refractivity contribution in [2.75, 3.05) is 11.5 Å². The van der Waals surface area contributed by atoms with Crippen LogP contribution in [-0.2, 0) is 9.53 Å². The van der Waals surface area contributed by atoms with Crippen molar-refractivity contribution < 1.29 is 14.3 Å². The van der Waals surface area contributed by atoms with E-state index >= 15 is 0 Å². The zero-order valence-electron chi connectivity index (χ0n) is 13.7. The molecule has 0 spiro atoms. The lowest BCUT2D eigenvalue weighted by Crippen LogP contribution is -2.30. The Morgan fingerprint density at radius 2 is 1.50 bits per heavy atom. The monoisotopic (exact) mass is 366 g/mol. The minimum atomic E-state index is -0.635. The van der Waals surface area contributed by atoms with Crippen LogP contribution < -0.4 is 4.90 Å². The molecule has 0 radical (unpaired) electrons. The molecule has 1 aromatic heterocycles. The molecule has 0 bridgehead atoms. The molecule has 0 aliphatic heterocycles. The summed E-state index contributed by atoms with van der Waals surface area (Å²) in [5, 5.41) is 0.181. The number of rotatable bonds is 5. The van der Waals surface area contributed by atoms with Crippen LogP contribution in [0.4, 0.5) is 11.4 Å². The highest BCUT2D eigenvalue weighted by Crippen LogP contribution is 2.25. The van der Waals surface area contributed by atoms with Crippen LogP contribution in [0.2, 0.25) is 5.15 Å². The zero-order valence-corrected chi connectivity index (χ0v) is 14.5. The fourth-order valence-electron chi connectivity index (χ4n) is 2.40. The van der Waals surface area contributed by atoms with Gasteiger partial charge in [-0.1, -0.05) is 48.0 Å². The molecule has 1 amide bonds. The fourth-order valence-corrected chi connectivity index (χ4v) is 2.57. The first kappa shape index (κ1) is 17.6. The number of hydrogen-bond acceptors (Lipinski definition) is 4. The number of para-hydroxylation sites is 2. The maximum absolute atomic E-state index is 12.8. The van der Waals surface area contributed by atoms with E-state index in [1.54, 1.807) is 0 Å². The number of ether oxygens (including phenoxy) is 1. The number of benzene rings is 2. The predicted octanol–water partition coefficient (Wildman–Crippen LogP) is 4.26. The van der Waals surface area contributed by atoms with Crippen LogP contribution in [0.3, 0.4) is 0 Å². The second-order valence-corrected chi connectivity index (χ2v) is 5.73. The van der Waals surface area contributed by atoms with Gasteiger partial charge in [0.05, 0.1) is 5.56 Å². The van der Waals surface area contributed by atoms with Gasteiger partial charge in [0.1, 0.15) is 5.15 Å². The maximum atomic E-state index is 12.8. The van der Waals surface area contributed by atoms with Crippen LogP contribution in [0.25, 0.3) is 0 Å². The van der Waals surface area contributed by atoms with Gasteiger partial charge in [-0.3, -0.25) is 9.69 Å². The Morgan fingerprint density at radius 1 is 0.923 bits per heavy atom. The van der Waals surface area contributed by atoms with Crippen LogP contribution in [0.15, 0.2) is 79.0 Å². The second-order valence-electron chi connectivity index (χ2n) is 5.34. The average Bonchev–Trinajstić information content (AvgIpc) is 2.68. The average molecular weight is 367 g/mol. The third-order valence-electron chi connectivity index (χ3n) is 3.57. The van der Waals surface area contributed by atoms with E-state index in [2.05, 4.69) is 4.98 Å². The van der Waals surface area contributed by atoms with Gasteiger partial charge in [-0.15, -0.1) is 0 Å². The third kappa shape index (κ3) is 4.26. The first-order chi connectivity index (χ1) is 12.6. The molecule has 0 fully saturated rings. The van der Waals surface area contributed by atoms with Crippen molar-refractivity contribution in [2.24, 2.45) is 0 Å². The summed E-state index contributed by atoms with van der Waals surface area (Å²) in [7, 11) is 0. The molecule has 0 saturated heterocycles. The topological polar surface area (TPSA) is 59.5 Å². The molecule has 3 aromatic rings. The van der Waals surface area contributed by atoms with Gasteiger partial charge in [0.2, 0.25) is 0 Å². The molecule has 0 N–H and O–H groups in total. The van der Waals surface area contributed by atoms with E-state index in [0.717, 1.165) is 0 Å². The van der Waals surface area contributed by atoms with Gasteiger partial charge in [0, 0.05) is 17.6 Å².